The van der Waals surface area contributed by atoms with E-state index in [0.717, 1.165) is 5.56 Å². The van der Waals surface area contributed by atoms with E-state index in [1.54, 1.807) is 30.3 Å². The summed E-state index contributed by atoms with van der Waals surface area (Å²) < 4.78 is 10.6. The Morgan fingerprint density at radius 2 is 1.82 bits per heavy atom. The van der Waals surface area contributed by atoms with Gasteiger partial charge in [-0.2, -0.15) is 0 Å². The number of nitrogens with zero attached hydrogens (tertiary/aromatic N) is 3. The SMILES string of the molecule is Cc1ccc(Cl)cc1Nc1ncnc(Nc2ccc3c(c2)OCO3)c1[N+](=O)[O-]. The summed E-state index contributed by atoms with van der Waals surface area (Å²) in [6.45, 7) is 2.00. The highest BCUT2D eigenvalue weighted by atomic mass is 35.5. The largest absolute Gasteiger partial charge is 0.454 e. The third-order valence-electron chi connectivity index (χ3n) is 4.09. The lowest BCUT2D eigenvalue weighted by molar-refractivity contribution is -0.383. The van der Waals surface area contributed by atoms with E-state index in [1.165, 1.54) is 6.33 Å². The molecule has 1 aliphatic heterocycles. The number of nitrogens with one attached hydrogen (secondary N) is 2. The predicted molar refractivity (Wildman–Crippen MR) is 104 cm³/mol. The van der Waals surface area contributed by atoms with Crippen molar-refractivity contribution in [2.24, 2.45) is 0 Å². The standard InChI is InChI=1S/C18H14ClN5O4/c1-10-2-3-11(19)6-13(10)23-18-16(24(25)26)17(20-8-21-18)22-12-4-5-14-15(7-12)28-9-27-14/h2-8H,9H2,1H3,(H2,20,21,22,23). The van der Waals surface area contributed by atoms with Gasteiger partial charge in [-0.15, -0.1) is 0 Å². The van der Waals surface area contributed by atoms with E-state index in [0.29, 0.717) is 27.9 Å². The van der Waals surface area contributed by atoms with Crippen molar-refractivity contribution in [2.45, 2.75) is 6.92 Å². The number of aryl methyl sites for hydroxylation is 1. The van der Waals surface area contributed by atoms with Gasteiger partial charge < -0.3 is 20.1 Å². The van der Waals surface area contributed by atoms with Gasteiger partial charge in [0.1, 0.15) is 6.33 Å². The number of anilines is 4. The molecular formula is C18H14ClN5O4. The second-order valence-corrected chi connectivity index (χ2v) is 6.39. The van der Waals surface area contributed by atoms with Gasteiger partial charge in [0.15, 0.2) is 11.5 Å². The monoisotopic (exact) mass is 399 g/mol. The lowest BCUT2D eigenvalue weighted by Crippen LogP contribution is -2.06. The fourth-order valence-corrected chi connectivity index (χ4v) is 2.87. The molecule has 0 fully saturated rings. The molecule has 0 spiro atoms. The second kappa shape index (κ2) is 7.20. The molecule has 0 amide bonds. The summed E-state index contributed by atoms with van der Waals surface area (Å²) in [4.78, 5) is 19.3. The third-order valence-corrected chi connectivity index (χ3v) is 4.33. The van der Waals surface area contributed by atoms with Crippen molar-refractivity contribution in [3.63, 3.8) is 0 Å². The molecule has 10 heteroatoms. The van der Waals surface area contributed by atoms with Crippen molar-refractivity contribution < 1.29 is 14.4 Å². The van der Waals surface area contributed by atoms with Crippen molar-refractivity contribution in [3.05, 3.63) is 63.4 Å². The van der Waals surface area contributed by atoms with Crippen LogP contribution in [-0.4, -0.2) is 21.7 Å². The predicted octanol–water partition coefficient (Wildman–Crippen LogP) is 4.56. The normalized spacial score (nSPS) is 11.9. The topological polar surface area (TPSA) is 111 Å². The van der Waals surface area contributed by atoms with Crippen molar-refractivity contribution >= 4 is 40.3 Å². The summed E-state index contributed by atoms with van der Waals surface area (Å²) in [6, 6.07) is 10.3. The Labute approximate surface area is 164 Å². The van der Waals surface area contributed by atoms with Crippen LogP contribution in [0.25, 0.3) is 0 Å². The third kappa shape index (κ3) is 3.47. The van der Waals surface area contributed by atoms with E-state index in [4.69, 9.17) is 21.1 Å². The van der Waals surface area contributed by atoms with Gasteiger partial charge in [0, 0.05) is 22.5 Å². The van der Waals surface area contributed by atoms with Crippen LogP contribution in [0.1, 0.15) is 5.56 Å². The van der Waals surface area contributed by atoms with E-state index in [-0.39, 0.29) is 24.1 Å². The Morgan fingerprint density at radius 1 is 1.07 bits per heavy atom. The maximum Gasteiger partial charge on any atom is 0.353 e. The van der Waals surface area contributed by atoms with Crippen molar-refractivity contribution in [2.75, 3.05) is 17.4 Å². The number of halogens is 1. The molecule has 0 aliphatic carbocycles. The maximum atomic E-state index is 11.7. The molecule has 1 aromatic heterocycles. The molecule has 0 atom stereocenters. The summed E-state index contributed by atoms with van der Waals surface area (Å²) in [6.07, 6.45) is 1.24. The molecular weight excluding hydrogens is 386 g/mol. The fourth-order valence-electron chi connectivity index (χ4n) is 2.70. The fraction of sp³-hybridized carbons (Fsp3) is 0.111. The van der Waals surface area contributed by atoms with Crippen LogP contribution in [0, 0.1) is 17.0 Å². The molecule has 0 bridgehead atoms. The van der Waals surface area contributed by atoms with E-state index < -0.39 is 4.92 Å². The summed E-state index contributed by atoms with van der Waals surface area (Å²) in [5.74, 6) is 1.26. The molecule has 0 saturated heterocycles. The Balaban J connectivity index is 1.69. The lowest BCUT2D eigenvalue weighted by Gasteiger charge is -2.12. The quantitative estimate of drug-likeness (QED) is 0.474. The molecule has 0 unspecified atom stereocenters. The maximum absolute atomic E-state index is 11.7. The lowest BCUT2D eigenvalue weighted by atomic mass is 10.2. The van der Waals surface area contributed by atoms with Gasteiger partial charge in [0.05, 0.1) is 4.92 Å². The Kier molecular flexibility index (Phi) is 4.58. The highest BCUT2D eigenvalue weighted by Gasteiger charge is 2.24. The zero-order valence-electron chi connectivity index (χ0n) is 14.6. The molecule has 9 nitrogen and oxygen atoms in total. The Morgan fingerprint density at radius 3 is 2.61 bits per heavy atom. The highest BCUT2D eigenvalue weighted by Crippen LogP contribution is 2.38. The zero-order valence-corrected chi connectivity index (χ0v) is 15.4. The average Bonchev–Trinajstić information content (AvgIpc) is 3.12. The van der Waals surface area contributed by atoms with Gasteiger partial charge in [-0.05, 0) is 36.8 Å². The number of hydrogen-bond donors (Lipinski definition) is 2. The van der Waals surface area contributed by atoms with Crippen LogP contribution in [0.3, 0.4) is 0 Å². The molecule has 0 radical (unpaired) electrons. The van der Waals surface area contributed by atoms with Gasteiger partial charge in [0.2, 0.25) is 18.4 Å². The molecule has 142 valence electrons. The molecule has 0 saturated carbocycles. The van der Waals surface area contributed by atoms with Crippen LogP contribution >= 0.6 is 11.6 Å². The molecule has 4 rings (SSSR count). The summed E-state index contributed by atoms with van der Waals surface area (Å²) in [5, 5.41) is 18.2. The number of aromatic nitrogens is 2. The van der Waals surface area contributed by atoms with Crippen LogP contribution in [0.2, 0.25) is 5.02 Å². The van der Waals surface area contributed by atoms with Gasteiger partial charge in [-0.1, -0.05) is 17.7 Å². The number of rotatable bonds is 5. The average molecular weight is 400 g/mol. The molecule has 2 N–H and O–H groups in total. The molecule has 28 heavy (non-hydrogen) atoms. The van der Waals surface area contributed by atoms with Gasteiger partial charge in [0.25, 0.3) is 0 Å². The first-order valence-electron chi connectivity index (χ1n) is 8.20. The number of nitro groups is 1. The Hall–Kier alpha value is -3.59. The first-order valence-corrected chi connectivity index (χ1v) is 8.58. The van der Waals surface area contributed by atoms with Gasteiger partial charge in [-0.3, -0.25) is 10.1 Å². The molecule has 2 aromatic carbocycles. The van der Waals surface area contributed by atoms with E-state index in [1.807, 2.05) is 13.0 Å². The van der Waals surface area contributed by atoms with Crippen LogP contribution in [0.4, 0.5) is 28.7 Å². The van der Waals surface area contributed by atoms with Crippen molar-refractivity contribution in [1.29, 1.82) is 0 Å². The van der Waals surface area contributed by atoms with E-state index in [9.17, 15) is 10.1 Å². The highest BCUT2D eigenvalue weighted by molar-refractivity contribution is 6.30. The molecule has 2 heterocycles. The Bertz CT molecular complexity index is 1080. The van der Waals surface area contributed by atoms with Crippen molar-refractivity contribution in [1.82, 2.24) is 9.97 Å². The smallest absolute Gasteiger partial charge is 0.353 e. The van der Waals surface area contributed by atoms with Crippen LogP contribution in [0.15, 0.2) is 42.7 Å². The summed E-state index contributed by atoms with van der Waals surface area (Å²) in [5.41, 5.74) is 1.75. The van der Waals surface area contributed by atoms with Gasteiger partial charge >= 0.3 is 5.69 Å². The second-order valence-electron chi connectivity index (χ2n) is 5.95. The number of hydrogen-bond acceptors (Lipinski definition) is 8. The first-order chi connectivity index (χ1) is 13.5. The van der Waals surface area contributed by atoms with Crippen LogP contribution < -0.4 is 20.1 Å². The van der Waals surface area contributed by atoms with E-state index >= 15 is 0 Å². The number of ether oxygens (including phenoxy) is 2. The van der Waals surface area contributed by atoms with E-state index in [2.05, 4.69) is 20.6 Å². The minimum Gasteiger partial charge on any atom is -0.454 e. The van der Waals surface area contributed by atoms with Crippen LogP contribution in [0.5, 0.6) is 11.5 Å². The number of fused-ring (bicyclic) bond motifs is 1. The number of benzene rings is 2. The molecule has 1 aliphatic rings. The first kappa shape index (κ1) is 17.8. The zero-order chi connectivity index (χ0) is 19.7. The minimum absolute atomic E-state index is 0.0426. The summed E-state index contributed by atoms with van der Waals surface area (Å²) >= 11 is 6.03. The minimum atomic E-state index is -0.544. The van der Waals surface area contributed by atoms with Crippen LogP contribution in [-0.2, 0) is 0 Å². The van der Waals surface area contributed by atoms with Crippen molar-refractivity contribution in [3.8, 4) is 11.5 Å². The molecule has 3 aromatic rings. The van der Waals surface area contributed by atoms with Gasteiger partial charge in [-0.25, -0.2) is 9.97 Å². The summed E-state index contributed by atoms with van der Waals surface area (Å²) in [7, 11) is 0.